The molecular formula is C13H17NO3. The SMILES string of the molecule is COc1ccc2c(c1)CN(C)CC2CC(=O)O. The Hall–Kier alpha value is -1.55. The zero-order chi connectivity index (χ0) is 12.4. The lowest BCUT2D eigenvalue weighted by atomic mass is 9.87. The van der Waals surface area contributed by atoms with E-state index in [1.807, 2.05) is 25.2 Å². The van der Waals surface area contributed by atoms with Gasteiger partial charge in [-0.15, -0.1) is 0 Å². The number of methoxy groups -OCH3 is 1. The van der Waals surface area contributed by atoms with E-state index in [0.717, 1.165) is 24.4 Å². The molecule has 1 aromatic carbocycles. The van der Waals surface area contributed by atoms with Crippen LogP contribution in [0, 0.1) is 0 Å². The van der Waals surface area contributed by atoms with Gasteiger partial charge in [-0.2, -0.15) is 0 Å². The van der Waals surface area contributed by atoms with Crippen molar-refractivity contribution in [2.75, 3.05) is 20.7 Å². The summed E-state index contributed by atoms with van der Waals surface area (Å²) in [5.41, 5.74) is 2.32. The summed E-state index contributed by atoms with van der Waals surface area (Å²) in [6, 6.07) is 5.90. The van der Waals surface area contributed by atoms with Gasteiger partial charge < -0.3 is 14.7 Å². The molecule has 4 heteroatoms. The molecule has 0 amide bonds. The van der Waals surface area contributed by atoms with Crippen LogP contribution in [0.3, 0.4) is 0 Å². The van der Waals surface area contributed by atoms with E-state index in [2.05, 4.69) is 4.90 Å². The maximum atomic E-state index is 10.9. The summed E-state index contributed by atoms with van der Waals surface area (Å²) in [7, 11) is 3.65. The van der Waals surface area contributed by atoms with Crippen molar-refractivity contribution in [1.29, 1.82) is 0 Å². The average molecular weight is 235 g/mol. The molecule has 17 heavy (non-hydrogen) atoms. The molecule has 1 heterocycles. The Balaban J connectivity index is 2.33. The number of carboxylic acids is 1. The van der Waals surface area contributed by atoms with Gasteiger partial charge in [0.15, 0.2) is 0 Å². The minimum absolute atomic E-state index is 0.0761. The smallest absolute Gasteiger partial charge is 0.304 e. The lowest BCUT2D eigenvalue weighted by molar-refractivity contribution is -0.137. The van der Waals surface area contributed by atoms with Crippen molar-refractivity contribution < 1.29 is 14.6 Å². The molecule has 1 aliphatic rings. The number of nitrogens with zero attached hydrogens (tertiary/aromatic N) is 1. The second-order valence-electron chi connectivity index (χ2n) is 4.56. The van der Waals surface area contributed by atoms with E-state index in [0.29, 0.717) is 0 Å². The molecule has 1 aromatic rings. The number of carbonyl (C=O) groups is 1. The van der Waals surface area contributed by atoms with Crippen LogP contribution < -0.4 is 4.74 Å². The van der Waals surface area contributed by atoms with Crippen LogP contribution in [-0.4, -0.2) is 36.7 Å². The Morgan fingerprint density at radius 1 is 1.59 bits per heavy atom. The predicted octanol–water partition coefficient (Wildman–Crippen LogP) is 1.70. The number of carboxylic acid groups (broad SMARTS) is 1. The summed E-state index contributed by atoms with van der Waals surface area (Å²) >= 11 is 0. The molecule has 0 saturated heterocycles. The molecule has 0 bridgehead atoms. The molecule has 1 aliphatic heterocycles. The normalized spacial score (nSPS) is 19.8. The van der Waals surface area contributed by atoms with Gasteiger partial charge in [-0.3, -0.25) is 4.79 Å². The lowest BCUT2D eigenvalue weighted by Crippen LogP contribution is -2.31. The lowest BCUT2D eigenvalue weighted by Gasteiger charge is -2.31. The summed E-state index contributed by atoms with van der Waals surface area (Å²) in [4.78, 5) is 13.0. The van der Waals surface area contributed by atoms with E-state index in [9.17, 15) is 4.79 Å². The van der Waals surface area contributed by atoms with E-state index >= 15 is 0 Å². The van der Waals surface area contributed by atoms with Crippen LogP contribution >= 0.6 is 0 Å². The highest BCUT2D eigenvalue weighted by molar-refractivity contribution is 5.68. The number of ether oxygens (including phenoxy) is 1. The van der Waals surface area contributed by atoms with Crippen molar-refractivity contribution in [2.45, 2.75) is 18.9 Å². The number of hydrogen-bond donors (Lipinski definition) is 1. The fourth-order valence-electron chi connectivity index (χ4n) is 2.46. The predicted molar refractivity (Wildman–Crippen MR) is 64.3 cm³/mol. The van der Waals surface area contributed by atoms with Crippen LogP contribution in [0.1, 0.15) is 23.5 Å². The molecule has 0 spiro atoms. The summed E-state index contributed by atoms with van der Waals surface area (Å²) in [6.07, 6.45) is 0.184. The molecule has 4 nitrogen and oxygen atoms in total. The first-order valence-electron chi connectivity index (χ1n) is 5.67. The molecule has 0 saturated carbocycles. The Morgan fingerprint density at radius 3 is 3.00 bits per heavy atom. The van der Waals surface area contributed by atoms with E-state index in [1.54, 1.807) is 7.11 Å². The highest BCUT2D eigenvalue weighted by Gasteiger charge is 2.25. The van der Waals surface area contributed by atoms with Gasteiger partial charge in [-0.25, -0.2) is 0 Å². The van der Waals surface area contributed by atoms with Gasteiger partial charge in [-0.05, 0) is 30.3 Å². The first-order chi connectivity index (χ1) is 8.10. The fraction of sp³-hybridized carbons (Fsp3) is 0.462. The van der Waals surface area contributed by atoms with Crippen LogP contribution in [0.5, 0.6) is 5.75 Å². The Labute approximate surface area is 101 Å². The standard InChI is InChI=1S/C13H17NO3/c1-14-7-9-5-11(17-2)3-4-12(9)10(8-14)6-13(15)16/h3-5,10H,6-8H2,1-2H3,(H,15,16). The van der Waals surface area contributed by atoms with Crippen molar-refractivity contribution in [1.82, 2.24) is 4.90 Å². The second kappa shape index (κ2) is 4.75. The molecule has 0 radical (unpaired) electrons. The summed E-state index contributed by atoms with van der Waals surface area (Å²) in [5.74, 6) is 0.160. The molecule has 1 N–H and O–H groups in total. The topological polar surface area (TPSA) is 49.8 Å². The summed E-state index contributed by atoms with van der Waals surface area (Å²) in [6.45, 7) is 1.65. The summed E-state index contributed by atoms with van der Waals surface area (Å²) < 4.78 is 5.20. The van der Waals surface area contributed by atoms with Gasteiger partial charge in [0.2, 0.25) is 0 Å². The Morgan fingerprint density at radius 2 is 2.35 bits per heavy atom. The van der Waals surface area contributed by atoms with Crippen molar-refractivity contribution in [3.8, 4) is 5.75 Å². The third-order valence-electron chi connectivity index (χ3n) is 3.18. The van der Waals surface area contributed by atoms with Crippen molar-refractivity contribution >= 4 is 5.97 Å². The average Bonchev–Trinajstić information content (AvgIpc) is 2.27. The van der Waals surface area contributed by atoms with Gasteiger partial charge in [0.05, 0.1) is 13.5 Å². The first-order valence-corrected chi connectivity index (χ1v) is 5.67. The monoisotopic (exact) mass is 235 g/mol. The number of hydrogen-bond acceptors (Lipinski definition) is 3. The highest BCUT2D eigenvalue weighted by atomic mass is 16.5. The van der Waals surface area contributed by atoms with E-state index < -0.39 is 5.97 Å². The van der Waals surface area contributed by atoms with E-state index in [4.69, 9.17) is 9.84 Å². The van der Waals surface area contributed by atoms with Gasteiger partial charge in [0, 0.05) is 19.0 Å². The number of aliphatic carboxylic acids is 1. The maximum absolute atomic E-state index is 10.9. The summed E-state index contributed by atoms with van der Waals surface area (Å²) in [5, 5.41) is 8.94. The van der Waals surface area contributed by atoms with Crippen LogP contribution in [0.4, 0.5) is 0 Å². The quantitative estimate of drug-likeness (QED) is 0.866. The first kappa shape index (κ1) is 11.9. The Kier molecular flexibility index (Phi) is 3.33. The molecule has 1 unspecified atom stereocenters. The molecule has 92 valence electrons. The third-order valence-corrected chi connectivity index (χ3v) is 3.18. The van der Waals surface area contributed by atoms with Crippen molar-refractivity contribution in [3.05, 3.63) is 29.3 Å². The molecule has 0 aliphatic carbocycles. The Bertz CT molecular complexity index is 431. The third kappa shape index (κ3) is 2.58. The molecule has 0 aromatic heterocycles. The minimum atomic E-state index is -0.743. The van der Waals surface area contributed by atoms with Gasteiger partial charge in [0.1, 0.15) is 5.75 Å². The minimum Gasteiger partial charge on any atom is -0.497 e. The van der Waals surface area contributed by atoms with E-state index in [1.165, 1.54) is 5.56 Å². The van der Waals surface area contributed by atoms with Crippen LogP contribution in [0.2, 0.25) is 0 Å². The highest BCUT2D eigenvalue weighted by Crippen LogP contribution is 2.32. The van der Waals surface area contributed by atoms with Gasteiger partial charge >= 0.3 is 5.97 Å². The number of benzene rings is 1. The zero-order valence-electron chi connectivity index (χ0n) is 10.1. The number of fused-ring (bicyclic) bond motifs is 1. The molecule has 0 fully saturated rings. The second-order valence-corrected chi connectivity index (χ2v) is 4.56. The molecular weight excluding hydrogens is 218 g/mol. The molecule has 2 rings (SSSR count). The van der Waals surface area contributed by atoms with Crippen LogP contribution in [0.25, 0.3) is 0 Å². The van der Waals surface area contributed by atoms with Gasteiger partial charge in [0.25, 0.3) is 0 Å². The zero-order valence-corrected chi connectivity index (χ0v) is 10.1. The fourth-order valence-corrected chi connectivity index (χ4v) is 2.46. The number of likely N-dealkylation sites (N-methyl/N-ethyl adjacent to an activating group) is 1. The largest absolute Gasteiger partial charge is 0.497 e. The maximum Gasteiger partial charge on any atom is 0.304 e. The van der Waals surface area contributed by atoms with Crippen molar-refractivity contribution in [3.63, 3.8) is 0 Å². The van der Waals surface area contributed by atoms with Crippen molar-refractivity contribution in [2.24, 2.45) is 0 Å². The number of rotatable bonds is 3. The van der Waals surface area contributed by atoms with Crippen LogP contribution in [0.15, 0.2) is 18.2 Å². The van der Waals surface area contributed by atoms with Crippen LogP contribution in [-0.2, 0) is 11.3 Å². The van der Waals surface area contributed by atoms with Gasteiger partial charge in [-0.1, -0.05) is 6.07 Å². The molecule has 1 atom stereocenters. The van der Waals surface area contributed by atoms with E-state index in [-0.39, 0.29) is 12.3 Å².